The molecule has 0 bridgehead atoms. The fraction of sp³-hybridized carbons (Fsp3) is 0.920. The monoisotopic (exact) mass is 918 g/mol. The number of esters is 2. The van der Waals surface area contributed by atoms with Gasteiger partial charge in [-0.05, 0) is 31.6 Å². The summed E-state index contributed by atoms with van der Waals surface area (Å²) in [4.78, 5) is 37.9. The molecule has 1 unspecified atom stereocenters. The van der Waals surface area contributed by atoms with Gasteiger partial charge in [0.25, 0.3) is 7.82 Å². The van der Waals surface area contributed by atoms with Crippen LogP contribution in [0.4, 0.5) is 0 Å². The Balaban J connectivity index is 2.37. The third-order valence-electron chi connectivity index (χ3n) is 12.4. The highest BCUT2D eigenvalue weighted by Gasteiger charge is 2.39. The predicted octanol–water partition coefficient (Wildman–Crippen LogP) is 10.7. The summed E-state index contributed by atoms with van der Waals surface area (Å²) in [5.74, 6) is -1.24. The van der Waals surface area contributed by atoms with Crippen LogP contribution >= 0.6 is 7.82 Å². The number of carbonyl (C=O) groups is 2. The number of nitrogens with zero attached hydrogens (tertiary/aromatic N) is 1. The highest BCUT2D eigenvalue weighted by molar-refractivity contribution is 7.45. The van der Waals surface area contributed by atoms with Crippen molar-refractivity contribution in [3.05, 3.63) is 12.2 Å². The lowest BCUT2D eigenvalue weighted by Gasteiger charge is -2.28. The van der Waals surface area contributed by atoms with Crippen molar-refractivity contribution in [2.24, 2.45) is 11.8 Å². The Labute approximate surface area is 384 Å². The maximum atomic E-state index is 12.8. The molecule has 12 nitrogen and oxygen atoms in total. The highest BCUT2D eigenvalue weighted by Crippen LogP contribution is 2.39. The standard InChI is InChI=1S/C50H96NO11P/c1-6-8-10-11-12-13-14-15-16-17-18-19-20-21-22-23-24-25-31-35-50(56)62-44(42-61-63(57,58)60-39-38-51(3,4)5)41-59-49(55)34-30-27-26-29-33-45-46(48(54)40-47(45)53)37-36-43(52)32-28-9-7-2/h36-37,43-48,52-54H,6-35,38-42H2,1-5H3/b37-36+/t43-,44+,45+,46+,47-,48+/m0/s1. The number of quaternary nitrogens is 1. The summed E-state index contributed by atoms with van der Waals surface area (Å²) >= 11 is 0. The highest BCUT2D eigenvalue weighted by atomic mass is 31.2. The quantitative estimate of drug-likeness (QED) is 0.0175. The summed E-state index contributed by atoms with van der Waals surface area (Å²) in [6.45, 7) is 3.93. The van der Waals surface area contributed by atoms with Gasteiger partial charge in [0.15, 0.2) is 6.10 Å². The summed E-state index contributed by atoms with van der Waals surface area (Å²) in [6, 6.07) is 0. The Morgan fingerprint density at radius 1 is 0.667 bits per heavy atom. The van der Waals surface area contributed by atoms with Gasteiger partial charge in [-0.15, -0.1) is 0 Å². The minimum absolute atomic E-state index is 0.0622. The normalized spacial score (nSPS) is 20.0. The van der Waals surface area contributed by atoms with Gasteiger partial charge in [-0.1, -0.05) is 180 Å². The van der Waals surface area contributed by atoms with E-state index in [1.165, 1.54) is 96.3 Å². The zero-order chi connectivity index (χ0) is 46.6. The van der Waals surface area contributed by atoms with Gasteiger partial charge in [-0.3, -0.25) is 14.2 Å². The van der Waals surface area contributed by atoms with Crippen LogP contribution in [0, 0.1) is 11.8 Å². The second-order valence-electron chi connectivity index (χ2n) is 19.5. The molecule has 13 heteroatoms. The number of ether oxygens (including phenoxy) is 2. The topological polar surface area (TPSA) is 172 Å². The minimum atomic E-state index is -4.68. The zero-order valence-electron chi connectivity index (χ0n) is 40.9. The largest absolute Gasteiger partial charge is 0.756 e. The zero-order valence-corrected chi connectivity index (χ0v) is 41.8. The van der Waals surface area contributed by atoms with E-state index in [-0.39, 0.29) is 37.9 Å². The lowest BCUT2D eigenvalue weighted by atomic mass is 9.88. The fourth-order valence-corrected chi connectivity index (χ4v) is 9.07. The lowest BCUT2D eigenvalue weighted by molar-refractivity contribution is -0.870. The molecule has 1 saturated carbocycles. The van der Waals surface area contributed by atoms with Crippen LogP contribution in [0.2, 0.25) is 0 Å². The lowest BCUT2D eigenvalue weighted by Crippen LogP contribution is -2.37. The van der Waals surface area contributed by atoms with Gasteiger partial charge in [0.2, 0.25) is 0 Å². The van der Waals surface area contributed by atoms with Gasteiger partial charge in [0, 0.05) is 25.2 Å². The number of phosphoric acid groups is 1. The van der Waals surface area contributed by atoms with Crippen molar-refractivity contribution in [1.29, 1.82) is 0 Å². The third kappa shape index (κ3) is 34.6. The van der Waals surface area contributed by atoms with E-state index in [2.05, 4.69) is 13.8 Å². The summed E-state index contributed by atoms with van der Waals surface area (Å²) in [6.07, 6.45) is 33.0. The minimum Gasteiger partial charge on any atom is -0.756 e. The van der Waals surface area contributed by atoms with Gasteiger partial charge < -0.3 is 43.2 Å². The maximum Gasteiger partial charge on any atom is 0.306 e. The molecule has 0 aromatic rings. The molecule has 0 spiro atoms. The van der Waals surface area contributed by atoms with Crippen LogP contribution in [-0.4, -0.2) is 104 Å². The van der Waals surface area contributed by atoms with Crippen molar-refractivity contribution < 1.29 is 57.4 Å². The fourth-order valence-electron chi connectivity index (χ4n) is 8.34. The molecule has 7 atom stereocenters. The SMILES string of the molecule is CCCCCCCCCCCCCCCCCCCCCC(=O)O[C@H](COC(=O)CCCCCC[C@@H]1[C@@H](/C=C/[C@@H](O)CCCCC)[C@H](O)C[C@@H]1O)COP(=O)([O-])OCC[N+](C)(C)C. The predicted molar refractivity (Wildman–Crippen MR) is 252 cm³/mol. The molecule has 372 valence electrons. The number of carbonyl (C=O) groups excluding carboxylic acids is 2. The second-order valence-corrected chi connectivity index (χ2v) is 20.9. The van der Waals surface area contributed by atoms with Crippen molar-refractivity contribution in [1.82, 2.24) is 0 Å². The number of phosphoric ester groups is 1. The third-order valence-corrected chi connectivity index (χ3v) is 13.4. The Morgan fingerprint density at radius 3 is 1.67 bits per heavy atom. The van der Waals surface area contributed by atoms with E-state index in [9.17, 15) is 34.4 Å². The van der Waals surface area contributed by atoms with E-state index < -0.39 is 50.8 Å². The van der Waals surface area contributed by atoms with Crippen molar-refractivity contribution in [3.63, 3.8) is 0 Å². The summed E-state index contributed by atoms with van der Waals surface area (Å²) in [5, 5.41) is 31.5. The number of aliphatic hydroxyl groups is 3. The molecular formula is C50H96NO11P. The average molecular weight is 918 g/mol. The molecule has 1 aliphatic carbocycles. The number of hydrogen-bond acceptors (Lipinski definition) is 11. The van der Waals surface area contributed by atoms with Crippen molar-refractivity contribution in [3.8, 4) is 0 Å². The summed E-state index contributed by atoms with van der Waals surface area (Å²) in [5.41, 5.74) is 0. The van der Waals surface area contributed by atoms with Gasteiger partial charge in [0.1, 0.15) is 19.8 Å². The number of rotatable bonds is 43. The number of hydrogen-bond donors (Lipinski definition) is 3. The Morgan fingerprint density at radius 2 is 1.14 bits per heavy atom. The molecule has 0 aromatic heterocycles. The van der Waals surface area contributed by atoms with Gasteiger partial charge in [-0.25, -0.2) is 0 Å². The number of aliphatic hydroxyl groups excluding tert-OH is 3. The van der Waals surface area contributed by atoms with E-state index in [0.717, 1.165) is 64.2 Å². The van der Waals surface area contributed by atoms with Gasteiger partial charge in [-0.2, -0.15) is 0 Å². The van der Waals surface area contributed by atoms with E-state index in [1.54, 1.807) is 6.08 Å². The van der Waals surface area contributed by atoms with Crippen LogP contribution < -0.4 is 4.89 Å². The van der Waals surface area contributed by atoms with Gasteiger partial charge >= 0.3 is 11.9 Å². The first-order valence-corrected chi connectivity index (χ1v) is 27.1. The molecule has 1 fully saturated rings. The van der Waals surface area contributed by atoms with Crippen LogP contribution in [0.1, 0.15) is 213 Å². The smallest absolute Gasteiger partial charge is 0.306 e. The van der Waals surface area contributed by atoms with E-state index in [0.29, 0.717) is 36.7 Å². The Kier molecular flexibility index (Phi) is 35.7. The summed E-state index contributed by atoms with van der Waals surface area (Å²) < 4.78 is 34.0. The van der Waals surface area contributed by atoms with Crippen LogP contribution in [0.25, 0.3) is 0 Å². The second kappa shape index (κ2) is 37.7. The molecule has 1 aliphatic rings. The number of likely N-dealkylation sites (N-methyl/N-ethyl adjacent to an activating group) is 1. The molecule has 0 aromatic carbocycles. The summed E-state index contributed by atoms with van der Waals surface area (Å²) in [7, 11) is 1.06. The molecule has 0 radical (unpaired) electrons. The van der Waals surface area contributed by atoms with E-state index >= 15 is 0 Å². The Hall–Kier alpha value is -1.37. The van der Waals surface area contributed by atoms with Crippen LogP contribution in [0.5, 0.6) is 0 Å². The molecule has 0 heterocycles. The van der Waals surface area contributed by atoms with E-state index in [4.69, 9.17) is 18.5 Å². The van der Waals surface area contributed by atoms with Crippen molar-refractivity contribution >= 4 is 19.8 Å². The Bertz CT molecular complexity index is 1200. The first-order chi connectivity index (χ1) is 30.2. The van der Waals surface area contributed by atoms with Crippen LogP contribution in [0.15, 0.2) is 12.2 Å². The first kappa shape index (κ1) is 59.6. The molecule has 0 amide bonds. The first-order valence-electron chi connectivity index (χ1n) is 25.7. The molecule has 1 rings (SSSR count). The molecule has 3 N–H and O–H groups in total. The van der Waals surface area contributed by atoms with Crippen molar-refractivity contribution in [2.75, 3.05) is 47.5 Å². The molecule has 0 aliphatic heterocycles. The average Bonchev–Trinajstić information content (AvgIpc) is 3.50. The molecule has 0 saturated heterocycles. The maximum absolute atomic E-state index is 12.8. The molecule has 63 heavy (non-hydrogen) atoms. The van der Waals surface area contributed by atoms with E-state index in [1.807, 2.05) is 27.2 Å². The van der Waals surface area contributed by atoms with Crippen LogP contribution in [0.3, 0.4) is 0 Å². The van der Waals surface area contributed by atoms with Gasteiger partial charge in [0.05, 0.1) is 46.1 Å². The molecular weight excluding hydrogens is 822 g/mol. The van der Waals surface area contributed by atoms with Crippen LogP contribution in [-0.2, 0) is 32.7 Å². The van der Waals surface area contributed by atoms with Crippen molar-refractivity contribution in [2.45, 2.75) is 237 Å². The number of unbranched alkanes of at least 4 members (excludes halogenated alkanes) is 23.